The predicted octanol–water partition coefficient (Wildman–Crippen LogP) is 2.38. The van der Waals surface area contributed by atoms with Gasteiger partial charge in [0.2, 0.25) is 0 Å². The lowest BCUT2D eigenvalue weighted by Gasteiger charge is -2.18. The molecule has 0 saturated heterocycles. The van der Waals surface area contributed by atoms with Crippen molar-refractivity contribution in [3.63, 3.8) is 0 Å². The quantitative estimate of drug-likeness (QED) is 0.689. The van der Waals surface area contributed by atoms with Crippen molar-refractivity contribution in [3.8, 4) is 0 Å². The molecule has 16 heavy (non-hydrogen) atoms. The zero-order valence-electron chi connectivity index (χ0n) is 11.2. The average Bonchev–Trinajstić information content (AvgIpc) is 2.25. The normalized spacial score (nSPS) is 14.8. The first-order valence-electron chi connectivity index (χ1n) is 6.23. The van der Waals surface area contributed by atoms with Crippen LogP contribution < -0.4 is 5.46 Å². The van der Waals surface area contributed by atoms with E-state index in [0.717, 1.165) is 6.61 Å². The summed E-state index contributed by atoms with van der Waals surface area (Å²) in [5, 5.41) is 0. The Labute approximate surface area is 101 Å². The van der Waals surface area contributed by atoms with Gasteiger partial charge < -0.3 is 4.74 Å². The molecule has 0 fully saturated rings. The van der Waals surface area contributed by atoms with Gasteiger partial charge in [0.1, 0.15) is 7.85 Å². The van der Waals surface area contributed by atoms with Crippen molar-refractivity contribution in [1.29, 1.82) is 0 Å². The maximum absolute atomic E-state index is 5.90. The molecule has 0 aromatic heterocycles. The van der Waals surface area contributed by atoms with Crippen LogP contribution in [0, 0.1) is 12.8 Å². The third kappa shape index (κ3) is 3.68. The van der Waals surface area contributed by atoms with Crippen LogP contribution in [0.15, 0.2) is 18.2 Å². The number of aryl methyl sites for hydroxylation is 1. The molecule has 0 aliphatic carbocycles. The smallest absolute Gasteiger partial charge is 0.139 e. The van der Waals surface area contributed by atoms with Gasteiger partial charge in [-0.05, 0) is 25.3 Å². The Kier molecular flexibility index (Phi) is 5.07. The zero-order valence-corrected chi connectivity index (χ0v) is 11.2. The van der Waals surface area contributed by atoms with Crippen molar-refractivity contribution in [2.24, 2.45) is 5.92 Å². The summed E-state index contributed by atoms with van der Waals surface area (Å²) in [5.74, 6) is 0.646. The summed E-state index contributed by atoms with van der Waals surface area (Å²) < 4.78 is 5.90. The van der Waals surface area contributed by atoms with Gasteiger partial charge in [-0.3, -0.25) is 0 Å². The summed E-state index contributed by atoms with van der Waals surface area (Å²) in [6, 6.07) is 6.57. The molecule has 1 aromatic carbocycles. The lowest BCUT2D eigenvalue weighted by Crippen LogP contribution is -2.17. The summed E-state index contributed by atoms with van der Waals surface area (Å²) >= 11 is 0. The summed E-state index contributed by atoms with van der Waals surface area (Å²) in [5.41, 5.74) is 3.96. The van der Waals surface area contributed by atoms with Crippen LogP contribution in [-0.4, -0.2) is 14.5 Å². The second-order valence-corrected chi connectivity index (χ2v) is 4.85. The minimum absolute atomic E-state index is 0.203. The van der Waals surface area contributed by atoms with Gasteiger partial charge in [0.15, 0.2) is 0 Å². The summed E-state index contributed by atoms with van der Waals surface area (Å²) in [7, 11) is 2.16. The minimum atomic E-state index is 0.203. The zero-order chi connectivity index (χ0) is 12.1. The Hall–Kier alpha value is -0.755. The second kappa shape index (κ2) is 6.10. The van der Waals surface area contributed by atoms with E-state index in [0.29, 0.717) is 5.92 Å². The average molecular weight is 218 g/mol. The van der Waals surface area contributed by atoms with E-state index in [1.807, 2.05) is 0 Å². The highest BCUT2D eigenvalue weighted by atomic mass is 16.5. The van der Waals surface area contributed by atoms with E-state index in [1.54, 1.807) is 0 Å². The number of hydrogen-bond donors (Lipinski definition) is 0. The SMILES string of the molecule is Bc1cc(C)ccc1[C@@H](C)OC[C@H](C)CC. The summed E-state index contributed by atoms with van der Waals surface area (Å²) in [4.78, 5) is 0. The molecule has 0 spiro atoms. The van der Waals surface area contributed by atoms with E-state index >= 15 is 0 Å². The molecule has 2 atom stereocenters. The fourth-order valence-electron chi connectivity index (χ4n) is 1.80. The lowest BCUT2D eigenvalue weighted by molar-refractivity contribution is 0.0430. The highest BCUT2D eigenvalue weighted by molar-refractivity contribution is 6.33. The van der Waals surface area contributed by atoms with E-state index < -0.39 is 0 Å². The van der Waals surface area contributed by atoms with E-state index in [9.17, 15) is 0 Å². The predicted molar refractivity (Wildman–Crippen MR) is 73.2 cm³/mol. The van der Waals surface area contributed by atoms with Gasteiger partial charge in [0.05, 0.1) is 6.10 Å². The molecule has 0 heterocycles. The van der Waals surface area contributed by atoms with Crippen molar-refractivity contribution in [2.75, 3.05) is 6.61 Å². The first-order valence-corrected chi connectivity index (χ1v) is 6.23. The molecular weight excluding hydrogens is 195 g/mol. The molecular formula is C14H23BO. The Morgan fingerprint density at radius 2 is 2.00 bits per heavy atom. The molecule has 0 N–H and O–H groups in total. The van der Waals surface area contributed by atoms with E-state index in [2.05, 4.69) is 53.7 Å². The van der Waals surface area contributed by atoms with Gasteiger partial charge in [0.25, 0.3) is 0 Å². The van der Waals surface area contributed by atoms with E-state index in [4.69, 9.17) is 4.74 Å². The standard InChI is InChI=1S/C14H23BO/c1-5-10(2)9-16-12(4)13-7-6-11(3)8-14(13)15/h6-8,10,12H,5,9,15H2,1-4H3/t10-,12-/m1/s1. The monoisotopic (exact) mass is 218 g/mol. The summed E-state index contributed by atoms with van der Waals surface area (Å²) in [6.07, 6.45) is 1.38. The molecule has 0 bridgehead atoms. The Morgan fingerprint density at radius 1 is 1.31 bits per heavy atom. The molecule has 2 heteroatoms. The van der Waals surface area contributed by atoms with Gasteiger partial charge in [-0.15, -0.1) is 0 Å². The number of benzene rings is 1. The van der Waals surface area contributed by atoms with Crippen LogP contribution in [-0.2, 0) is 4.74 Å². The largest absolute Gasteiger partial charge is 0.374 e. The molecule has 0 aliphatic heterocycles. The fourth-order valence-corrected chi connectivity index (χ4v) is 1.80. The highest BCUT2D eigenvalue weighted by Crippen LogP contribution is 2.16. The van der Waals surface area contributed by atoms with Crippen LogP contribution in [0.25, 0.3) is 0 Å². The molecule has 0 radical (unpaired) electrons. The van der Waals surface area contributed by atoms with Crippen molar-refractivity contribution in [2.45, 2.75) is 40.2 Å². The summed E-state index contributed by atoms with van der Waals surface area (Å²) in [6.45, 7) is 9.55. The van der Waals surface area contributed by atoms with Crippen molar-refractivity contribution < 1.29 is 4.74 Å². The van der Waals surface area contributed by atoms with Crippen LogP contribution >= 0.6 is 0 Å². The van der Waals surface area contributed by atoms with Crippen LogP contribution in [0.3, 0.4) is 0 Å². The Morgan fingerprint density at radius 3 is 2.56 bits per heavy atom. The Bertz CT molecular complexity index is 336. The van der Waals surface area contributed by atoms with Gasteiger partial charge in [0, 0.05) is 6.61 Å². The first-order chi connectivity index (χ1) is 7.54. The third-order valence-corrected chi connectivity index (χ3v) is 3.19. The van der Waals surface area contributed by atoms with E-state index in [-0.39, 0.29) is 6.10 Å². The molecule has 0 saturated carbocycles. The minimum Gasteiger partial charge on any atom is -0.374 e. The number of rotatable bonds is 5. The number of hydrogen-bond acceptors (Lipinski definition) is 1. The Balaban J connectivity index is 2.62. The van der Waals surface area contributed by atoms with Crippen molar-refractivity contribution in [3.05, 3.63) is 29.3 Å². The first kappa shape index (κ1) is 13.3. The molecule has 1 rings (SSSR count). The molecule has 1 aromatic rings. The second-order valence-electron chi connectivity index (χ2n) is 4.85. The molecule has 1 nitrogen and oxygen atoms in total. The fraction of sp³-hybridized carbons (Fsp3) is 0.571. The van der Waals surface area contributed by atoms with Crippen molar-refractivity contribution in [1.82, 2.24) is 0 Å². The van der Waals surface area contributed by atoms with Crippen LogP contribution in [0.2, 0.25) is 0 Å². The van der Waals surface area contributed by atoms with Crippen LogP contribution in [0.4, 0.5) is 0 Å². The van der Waals surface area contributed by atoms with Gasteiger partial charge >= 0.3 is 0 Å². The molecule has 0 aliphatic rings. The van der Waals surface area contributed by atoms with Crippen LogP contribution in [0.5, 0.6) is 0 Å². The molecule has 0 unspecified atom stereocenters. The lowest BCUT2D eigenvalue weighted by atomic mass is 9.87. The van der Waals surface area contributed by atoms with Crippen LogP contribution in [0.1, 0.15) is 44.4 Å². The van der Waals surface area contributed by atoms with Gasteiger partial charge in [-0.1, -0.05) is 49.5 Å². The third-order valence-electron chi connectivity index (χ3n) is 3.19. The van der Waals surface area contributed by atoms with Gasteiger partial charge in [-0.25, -0.2) is 0 Å². The molecule has 88 valence electrons. The maximum Gasteiger partial charge on any atom is 0.139 e. The molecule has 0 amide bonds. The van der Waals surface area contributed by atoms with E-state index in [1.165, 1.54) is 23.0 Å². The maximum atomic E-state index is 5.90. The van der Waals surface area contributed by atoms with Crippen molar-refractivity contribution >= 4 is 13.3 Å². The topological polar surface area (TPSA) is 9.23 Å². The van der Waals surface area contributed by atoms with Gasteiger partial charge in [-0.2, -0.15) is 0 Å². The highest BCUT2D eigenvalue weighted by Gasteiger charge is 2.09. The number of ether oxygens (including phenoxy) is 1.